The molecule has 1 aromatic carbocycles. The highest BCUT2D eigenvalue weighted by atomic mass is 35.5. The molecule has 3 rings (SSSR count). The van der Waals surface area contributed by atoms with E-state index in [0.29, 0.717) is 5.02 Å². The molecule has 0 unspecified atom stereocenters. The van der Waals surface area contributed by atoms with Gasteiger partial charge in [0.05, 0.1) is 10.5 Å². The van der Waals surface area contributed by atoms with Crippen LogP contribution in [0.15, 0.2) is 54.9 Å². The van der Waals surface area contributed by atoms with Crippen molar-refractivity contribution < 1.29 is 0 Å². The van der Waals surface area contributed by atoms with Crippen molar-refractivity contribution in [1.82, 2.24) is 9.97 Å². The van der Waals surface area contributed by atoms with Crippen molar-refractivity contribution in [1.29, 1.82) is 0 Å². The molecule has 0 aliphatic heterocycles. The van der Waals surface area contributed by atoms with E-state index in [9.17, 15) is 0 Å². The summed E-state index contributed by atoms with van der Waals surface area (Å²) < 4.78 is 0. The molecule has 3 heteroatoms. The van der Waals surface area contributed by atoms with Gasteiger partial charge in [0.2, 0.25) is 0 Å². The summed E-state index contributed by atoms with van der Waals surface area (Å²) in [5.41, 5.74) is 3.24. The molecule has 0 saturated heterocycles. The highest BCUT2D eigenvalue weighted by molar-refractivity contribution is 6.31. The fourth-order valence-corrected chi connectivity index (χ4v) is 2.14. The van der Waals surface area contributed by atoms with Gasteiger partial charge in [-0.1, -0.05) is 23.7 Å². The lowest BCUT2D eigenvalue weighted by Gasteiger charge is -2.03. The average molecular weight is 255 g/mol. The first-order valence-electron chi connectivity index (χ1n) is 5.75. The number of hydrogen-bond donors (Lipinski definition) is 0. The quantitative estimate of drug-likeness (QED) is 0.694. The molecule has 0 spiro atoms. The lowest BCUT2D eigenvalue weighted by atomic mass is 10.1. The van der Waals surface area contributed by atoms with Crippen LogP contribution in [0.25, 0.3) is 10.9 Å². The van der Waals surface area contributed by atoms with Gasteiger partial charge in [-0.05, 0) is 35.9 Å². The maximum absolute atomic E-state index is 5.96. The Balaban J connectivity index is 1.98. The van der Waals surface area contributed by atoms with E-state index in [1.165, 1.54) is 5.56 Å². The summed E-state index contributed by atoms with van der Waals surface area (Å²) in [6, 6.07) is 14.1. The molecule has 2 nitrogen and oxygen atoms in total. The lowest BCUT2D eigenvalue weighted by Crippen LogP contribution is -1.91. The third kappa shape index (κ3) is 2.34. The molecule has 0 N–H and O–H groups in total. The molecule has 0 aliphatic carbocycles. The van der Waals surface area contributed by atoms with Gasteiger partial charge in [-0.3, -0.25) is 9.97 Å². The second-order valence-electron chi connectivity index (χ2n) is 4.18. The van der Waals surface area contributed by atoms with Crippen molar-refractivity contribution in [3.63, 3.8) is 0 Å². The molecular weight excluding hydrogens is 244 g/mol. The van der Waals surface area contributed by atoms with E-state index in [1.807, 2.05) is 36.5 Å². The monoisotopic (exact) mass is 254 g/mol. The Morgan fingerprint density at radius 2 is 1.94 bits per heavy atom. The second kappa shape index (κ2) is 4.75. The largest absolute Gasteiger partial charge is 0.261 e. The zero-order valence-electron chi connectivity index (χ0n) is 9.68. The van der Waals surface area contributed by atoms with Gasteiger partial charge in [-0.2, -0.15) is 0 Å². The predicted octanol–water partition coefficient (Wildman–Crippen LogP) is 3.87. The highest BCUT2D eigenvalue weighted by Gasteiger charge is 2.01. The average Bonchev–Trinajstić information content (AvgIpc) is 2.39. The number of aromatic nitrogens is 2. The Bertz CT molecular complexity index is 680. The number of benzene rings is 1. The normalized spacial score (nSPS) is 10.7. The van der Waals surface area contributed by atoms with Crippen LogP contribution in [0.5, 0.6) is 0 Å². The van der Waals surface area contributed by atoms with Gasteiger partial charge in [0, 0.05) is 29.9 Å². The van der Waals surface area contributed by atoms with Gasteiger partial charge >= 0.3 is 0 Å². The van der Waals surface area contributed by atoms with Crippen molar-refractivity contribution in [3.8, 4) is 0 Å². The summed E-state index contributed by atoms with van der Waals surface area (Å²) in [6.45, 7) is 0. The van der Waals surface area contributed by atoms with Crippen LogP contribution in [-0.2, 0) is 6.42 Å². The van der Waals surface area contributed by atoms with Crippen LogP contribution >= 0.6 is 11.6 Å². The second-order valence-corrected chi connectivity index (χ2v) is 4.61. The molecule has 3 aromatic rings. The zero-order valence-corrected chi connectivity index (χ0v) is 10.4. The minimum absolute atomic E-state index is 0.664. The number of nitrogens with zero attached hydrogens (tertiary/aromatic N) is 2. The number of fused-ring (bicyclic) bond motifs is 1. The van der Waals surface area contributed by atoms with Crippen LogP contribution in [0, 0.1) is 0 Å². The third-order valence-electron chi connectivity index (χ3n) is 2.82. The molecule has 18 heavy (non-hydrogen) atoms. The summed E-state index contributed by atoms with van der Waals surface area (Å²) >= 11 is 5.96. The summed E-state index contributed by atoms with van der Waals surface area (Å²) in [7, 11) is 0. The van der Waals surface area contributed by atoms with E-state index < -0.39 is 0 Å². The number of hydrogen-bond acceptors (Lipinski definition) is 2. The van der Waals surface area contributed by atoms with Gasteiger partial charge in [-0.25, -0.2) is 0 Å². The summed E-state index contributed by atoms with van der Waals surface area (Å²) in [5.74, 6) is 0. The highest BCUT2D eigenvalue weighted by Crippen LogP contribution is 2.19. The molecule has 0 amide bonds. The standard InChI is InChI=1S/C15H11ClN2/c16-13-9-12-7-11(4-5-15(12)18-10-13)8-14-3-1-2-6-17-14/h1-7,9-10H,8H2. The molecule has 2 aromatic heterocycles. The van der Waals surface area contributed by atoms with Gasteiger partial charge in [0.25, 0.3) is 0 Å². The molecule has 88 valence electrons. The summed E-state index contributed by atoms with van der Waals surface area (Å²) in [5, 5.41) is 1.73. The van der Waals surface area contributed by atoms with Gasteiger partial charge in [-0.15, -0.1) is 0 Å². The van der Waals surface area contributed by atoms with Crippen molar-refractivity contribution in [2.75, 3.05) is 0 Å². The van der Waals surface area contributed by atoms with Crippen molar-refractivity contribution in [2.45, 2.75) is 6.42 Å². The molecular formula is C15H11ClN2. The van der Waals surface area contributed by atoms with Gasteiger partial charge in [0.15, 0.2) is 0 Å². The third-order valence-corrected chi connectivity index (χ3v) is 3.03. The van der Waals surface area contributed by atoms with Crippen LogP contribution in [0.3, 0.4) is 0 Å². The topological polar surface area (TPSA) is 25.8 Å². The molecule has 2 heterocycles. The van der Waals surface area contributed by atoms with Crippen LogP contribution in [0.4, 0.5) is 0 Å². The van der Waals surface area contributed by atoms with Crippen molar-refractivity contribution in [2.24, 2.45) is 0 Å². The van der Waals surface area contributed by atoms with E-state index in [2.05, 4.69) is 22.1 Å². The minimum atomic E-state index is 0.664. The van der Waals surface area contributed by atoms with Crippen LogP contribution < -0.4 is 0 Å². The first kappa shape index (κ1) is 11.2. The van der Waals surface area contributed by atoms with E-state index >= 15 is 0 Å². The van der Waals surface area contributed by atoms with E-state index in [-0.39, 0.29) is 0 Å². The Kier molecular flexibility index (Phi) is 2.95. The van der Waals surface area contributed by atoms with Crippen LogP contribution in [-0.4, -0.2) is 9.97 Å². The molecule has 0 aliphatic rings. The Morgan fingerprint density at radius 1 is 1.00 bits per heavy atom. The SMILES string of the molecule is Clc1cnc2ccc(Cc3ccccn3)cc2c1. The fourth-order valence-electron chi connectivity index (χ4n) is 1.98. The van der Waals surface area contributed by atoms with Crippen molar-refractivity contribution >= 4 is 22.5 Å². The molecule has 0 fully saturated rings. The molecule has 0 radical (unpaired) electrons. The van der Waals surface area contributed by atoms with Crippen molar-refractivity contribution in [3.05, 3.63) is 71.1 Å². The minimum Gasteiger partial charge on any atom is -0.261 e. The fraction of sp³-hybridized carbons (Fsp3) is 0.0667. The first-order valence-corrected chi connectivity index (χ1v) is 6.13. The Hall–Kier alpha value is -1.93. The number of rotatable bonds is 2. The zero-order chi connectivity index (χ0) is 12.4. The number of halogens is 1. The van der Waals surface area contributed by atoms with E-state index in [0.717, 1.165) is 23.0 Å². The first-order chi connectivity index (χ1) is 8.81. The lowest BCUT2D eigenvalue weighted by molar-refractivity contribution is 1.08. The summed E-state index contributed by atoms with van der Waals surface area (Å²) in [6.07, 6.45) is 4.31. The van der Waals surface area contributed by atoms with Gasteiger partial charge in [0.1, 0.15) is 0 Å². The Labute approximate surface area is 110 Å². The van der Waals surface area contributed by atoms with E-state index in [4.69, 9.17) is 11.6 Å². The van der Waals surface area contributed by atoms with Gasteiger partial charge < -0.3 is 0 Å². The Morgan fingerprint density at radius 3 is 2.78 bits per heavy atom. The van der Waals surface area contributed by atoms with Crippen LogP contribution in [0.2, 0.25) is 5.02 Å². The molecule has 0 saturated carbocycles. The maximum Gasteiger partial charge on any atom is 0.0703 e. The molecule has 0 atom stereocenters. The number of pyridine rings is 2. The predicted molar refractivity (Wildman–Crippen MR) is 73.8 cm³/mol. The smallest absolute Gasteiger partial charge is 0.0703 e. The molecule has 0 bridgehead atoms. The maximum atomic E-state index is 5.96. The van der Waals surface area contributed by atoms with Crippen LogP contribution in [0.1, 0.15) is 11.3 Å². The summed E-state index contributed by atoms with van der Waals surface area (Å²) in [4.78, 5) is 8.61. The van der Waals surface area contributed by atoms with E-state index in [1.54, 1.807) is 6.20 Å².